The first-order valence-electron chi connectivity index (χ1n) is 6.96. The van der Waals surface area contributed by atoms with Crippen LogP contribution in [-0.4, -0.2) is 11.7 Å². The number of ether oxygens (including phenoxy) is 3. The van der Waals surface area contributed by atoms with Crippen LogP contribution in [0.1, 0.15) is 18.1 Å². The number of alkyl halides is 1. The van der Waals surface area contributed by atoms with E-state index < -0.39 is 11.7 Å². The Bertz CT molecular complexity index is 626. The van der Waals surface area contributed by atoms with Crippen molar-refractivity contribution < 1.29 is 23.4 Å². The Kier molecular flexibility index (Phi) is 6.23. The van der Waals surface area contributed by atoms with E-state index in [4.69, 9.17) is 21.1 Å². The number of carbonyl (C=O) groups is 1. The van der Waals surface area contributed by atoms with Crippen LogP contribution in [0.25, 0.3) is 0 Å². The molecule has 0 aliphatic carbocycles. The van der Waals surface area contributed by atoms with E-state index in [1.165, 1.54) is 19.1 Å². The molecule has 0 aliphatic heterocycles. The minimum absolute atomic E-state index is 0.0840. The second kappa shape index (κ2) is 8.39. The summed E-state index contributed by atoms with van der Waals surface area (Å²) in [7, 11) is 0. The molecule has 0 aromatic heterocycles. The average molecular weight is 339 g/mol. The van der Waals surface area contributed by atoms with E-state index in [9.17, 15) is 9.18 Å². The molecule has 0 saturated carbocycles. The molecular weight excluding hydrogens is 323 g/mol. The summed E-state index contributed by atoms with van der Waals surface area (Å²) in [6, 6.07) is 13.2. The van der Waals surface area contributed by atoms with Gasteiger partial charge in [0.15, 0.2) is 5.56 Å². The fourth-order valence-corrected chi connectivity index (χ4v) is 1.81. The molecular formula is C17H16ClFO4. The van der Waals surface area contributed by atoms with E-state index in [-0.39, 0.29) is 12.4 Å². The van der Waals surface area contributed by atoms with Gasteiger partial charge in [-0.15, -0.1) is 0 Å². The van der Waals surface area contributed by atoms with Crippen LogP contribution in [0, 0.1) is 5.82 Å². The summed E-state index contributed by atoms with van der Waals surface area (Å²) in [5.74, 6) is 0.384. The van der Waals surface area contributed by atoms with Crippen LogP contribution in [0.4, 0.5) is 9.18 Å². The minimum atomic E-state index is -0.816. The molecule has 0 bridgehead atoms. The predicted octanol–water partition coefficient (Wildman–Crippen LogP) is 4.64. The topological polar surface area (TPSA) is 44.8 Å². The van der Waals surface area contributed by atoms with E-state index in [2.05, 4.69) is 4.74 Å². The standard InChI is InChI=1S/C17H16ClFO4/c1-12(18)23-17(20)22-11-14-4-8-16(9-5-14)21-10-13-2-6-15(19)7-3-13/h2-9,12H,10-11H2,1H3. The maximum absolute atomic E-state index is 12.8. The van der Waals surface area contributed by atoms with Crippen molar-refractivity contribution in [2.45, 2.75) is 25.7 Å². The van der Waals surface area contributed by atoms with Crippen molar-refractivity contribution in [1.29, 1.82) is 0 Å². The van der Waals surface area contributed by atoms with Gasteiger partial charge in [-0.25, -0.2) is 9.18 Å². The zero-order valence-corrected chi connectivity index (χ0v) is 13.3. The van der Waals surface area contributed by atoms with Crippen molar-refractivity contribution in [2.75, 3.05) is 0 Å². The van der Waals surface area contributed by atoms with Crippen LogP contribution in [-0.2, 0) is 22.7 Å². The van der Waals surface area contributed by atoms with Gasteiger partial charge < -0.3 is 14.2 Å². The van der Waals surface area contributed by atoms with Gasteiger partial charge in [-0.3, -0.25) is 0 Å². The first kappa shape index (κ1) is 17.1. The molecule has 0 radical (unpaired) electrons. The molecule has 6 heteroatoms. The van der Waals surface area contributed by atoms with Crippen LogP contribution in [0.2, 0.25) is 0 Å². The lowest BCUT2D eigenvalue weighted by Crippen LogP contribution is -2.11. The Morgan fingerprint density at radius 1 is 1.04 bits per heavy atom. The second-order valence-corrected chi connectivity index (χ2v) is 5.37. The monoisotopic (exact) mass is 338 g/mol. The third kappa shape index (κ3) is 6.16. The van der Waals surface area contributed by atoms with Gasteiger partial charge in [0.1, 0.15) is 24.8 Å². The zero-order valence-electron chi connectivity index (χ0n) is 12.5. The van der Waals surface area contributed by atoms with Gasteiger partial charge >= 0.3 is 6.16 Å². The number of hydrogen-bond donors (Lipinski definition) is 0. The highest BCUT2D eigenvalue weighted by Gasteiger charge is 2.08. The van der Waals surface area contributed by atoms with Crippen LogP contribution in [0.3, 0.4) is 0 Å². The van der Waals surface area contributed by atoms with Gasteiger partial charge in [-0.2, -0.15) is 0 Å². The highest BCUT2D eigenvalue weighted by Crippen LogP contribution is 2.15. The molecule has 0 N–H and O–H groups in total. The summed E-state index contributed by atoms with van der Waals surface area (Å²) < 4.78 is 27.9. The van der Waals surface area contributed by atoms with Crippen LogP contribution in [0.5, 0.6) is 5.75 Å². The molecule has 2 aromatic carbocycles. The first-order chi connectivity index (χ1) is 11.0. The molecule has 0 amide bonds. The summed E-state index contributed by atoms with van der Waals surface area (Å²) in [6.07, 6.45) is -0.816. The second-order valence-electron chi connectivity index (χ2n) is 4.76. The Morgan fingerprint density at radius 2 is 1.61 bits per heavy atom. The molecule has 1 atom stereocenters. The Labute approximate surface area is 138 Å². The fourth-order valence-electron chi connectivity index (χ4n) is 1.74. The van der Waals surface area contributed by atoms with E-state index in [0.717, 1.165) is 11.1 Å². The van der Waals surface area contributed by atoms with Crippen LogP contribution >= 0.6 is 11.6 Å². The molecule has 0 heterocycles. The maximum atomic E-state index is 12.8. The zero-order chi connectivity index (χ0) is 16.7. The van der Waals surface area contributed by atoms with Crippen molar-refractivity contribution in [1.82, 2.24) is 0 Å². The van der Waals surface area contributed by atoms with E-state index in [0.29, 0.717) is 12.4 Å². The Balaban J connectivity index is 1.80. The van der Waals surface area contributed by atoms with Crippen LogP contribution < -0.4 is 4.74 Å². The highest BCUT2D eigenvalue weighted by molar-refractivity contribution is 6.19. The van der Waals surface area contributed by atoms with E-state index in [1.807, 2.05) is 0 Å². The number of hydrogen-bond acceptors (Lipinski definition) is 4. The predicted molar refractivity (Wildman–Crippen MR) is 83.8 cm³/mol. The highest BCUT2D eigenvalue weighted by atomic mass is 35.5. The average Bonchev–Trinajstić information content (AvgIpc) is 2.53. The van der Waals surface area contributed by atoms with Gasteiger partial charge in [0, 0.05) is 0 Å². The summed E-state index contributed by atoms with van der Waals surface area (Å²) in [5.41, 5.74) is 0.930. The summed E-state index contributed by atoms with van der Waals surface area (Å²) in [6.45, 7) is 1.95. The first-order valence-corrected chi connectivity index (χ1v) is 7.40. The Hall–Kier alpha value is -2.27. The molecule has 1 unspecified atom stereocenters. The molecule has 2 rings (SSSR count). The molecule has 0 spiro atoms. The lowest BCUT2D eigenvalue weighted by molar-refractivity contribution is 0.0445. The van der Waals surface area contributed by atoms with Gasteiger partial charge in [0.05, 0.1) is 0 Å². The SMILES string of the molecule is CC(Cl)OC(=O)OCc1ccc(OCc2ccc(F)cc2)cc1. The van der Waals surface area contributed by atoms with Crippen molar-refractivity contribution in [3.8, 4) is 5.75 Å². The molecule has 4 nitrogen and oxygen atoms in total. The molecule has 23 heavy (non-hydrogen) atoms. The number of rotatable bonds is 6. The third-order valence-electron chi connectivity index (χ3n) is 2.86. The molecule has 0 fully saturated rings. The largest absolute Gasteiger partial charge is 0.510 e. The van der Waals surface area contributed by atoms with E-state index >= 15 is 0 Å². The lowest BCUT2D eigenvalue weighted by Gasteiger charge is -2.09. The molecule has 122 valence electrons. The van der Waals surface area contributed by atoms with Crippen molar-refractivity contribution in [3.05, 3.63) is 65.5 Å². The van der Waals surface area contributed by atoms with Crippen molar-refractivity contribution in [3.63, 3.8) is 0 Å². The summed E-state index contributed by atoms with van der Waals surface area (Å²) >= 11 is 5.51. The number of halogens is 2. The quantitative estimate of drug-likeness (QED) is 0.568. The van der Waals surface area contributed by atoms with Crippen LogP contribution in [0.15, 0.2) is 48.5 Å². The molecule has 2 aromatic rings. The third-order valence-corrected chi connectivity index (χ3v) is 2.95. The normalized spacial score (nSPS) is 11.6. The Morgan fingerprint density at radius 3 is 2.22 bits per heavy atom. The molecule has 0 aliphatic rings. The van der Waals surface area contributed by atoms with Gasteiger partial charge in [0.25, 0.3) is 0 Å². The van der Waals surface area contributed by atoms with Crippen molar-refractivity contribution >= 4 is 17.8 Å². The van der Waals surface area contributed by atoms with E-state index in [1.54, 1.807) is 36.4 Å². The number of carbonyl (C=O) groups excluding carboxylic acids is 1. The smallest absolute Gasteiger partial charge is 0.489 e. The van der Waals surface area contributed by atoms with Crippen molar-refractivity contribution in [2.24, 2.45) is 0 Å². The lowest BCUT2D eigenvalue weighted by atomic mass is 10.2. The summed E-state index contributed by atoms with van der Waals surface area (Å²) in [5, 5.41) is 0. The van der Waals surface area contributed by atoms with Gasteiger partial charge in [0.2, 0.25) is 0 Å². The van der Waals surface area contributed by atoms with Gasteiger partial charge in [-0.05, 0) is 42.3 Å². The van der Waals surface area contributed by atoms with Gasteiger partial charge in [-0.1, -0.05) is 35.9 Å². The minimum Gasteiger partial charge on any atom is -0.489 e. The molecule has 0 saturated heterocycles. The number of benzene rings is 2. The summed E-state index contributed by atoms with van der Waals surface area (Å²) in [4.78, 5) is 11.2. The maximum Gasteiger partial charge on any atom is 0.510 e. The fraction of sp³-hybridized carbons (Fsp3) is 0.235.